The first-order valence-corrected chi connectivity index (χ1v) is 5.46. The number of carbonyl (C=O) groups excluding carboxylic acids is 1. The Hall–Kier alpha value is -2.05. The number of ether oxygens (including phenoxy) is 2. The van der Waals surface area contributed by atoms with E-state index in [9.17, 15) is 14.4 Å². The summed E-state index contributed by atoms with van der Waals surface area (Å²) in [5.41, 5.74) is 0. The predicted octanol–water partition coefficient (Wildman–Crippen LogP) is 1.43. The van der Waals surface area contributed by atoms with Gasteiger partial charge in [-0.2, -0.15) is 0 Å². The largest absolute Gasteiger partial charge is 0.508 e. The standard InChI is InChI=1S/C7H12O3.C4H4O4/c8-7-9-5-3-1-2-4-6-10-7;5-3(6)1-2-4(7)8/h1-6H2;1-2H,(H,5,6)(H,7,8)/b;2-1+. The highest BCUT2D eigenvalue weighted by Gasteiger charge is 2.04. The van der Waals surface area contributed by atoms with E-state index >= 15 is 0 Å². The molecule has 18 heavy (non-hydrogen) atoms. The third-order valence-electron chi connectivity index (χ3n) is 1.85. The lowest BCUT2D eigenvalue weighted by Crippen LogP contribution is -2.07. The van der Waals surface area contributed by atoms with E-state index in [1.54, 1.807) is 0 Å². The smallest absolute Gasteiger partial charge is 0.478 e. The average molecular weight is 260 g/mol. The molecule has 0 unspecified atom stereocenters. The third-order valence-corrected chi connectivity index (χ3v) is 1.85. The molecule has 7 heteroatoms. The van der Waals surface area contributed by atoms with E-state index < -0.39 is 18.1 Å². The zero-order valence-electron chi connectivity index (χ0n) is 9.83. The summed E-state index contributed by atoms with van der Waals surface area (Å²) in [4.78, 5) is 29.7. The normalized spacial score (nSPS) is 16.1. The van der Waals surface area contributed by atoms with Crippen LogP contribution in [0.4, 0.5) is 4.79 Å². The molecule has 0 aromatic rings. The minimum Gasteiger partial charge on any atom is -0.478 e. The van der Waals surface area contributed by atoms with Gasteiger partial charge in [-0.15, -0.1) is 0 Å². The van der Waals surface area contributed by atoms with Crippen molar-refractivity contribution in [1.29, 1.82) is 0 Å². The lowest BCUT2D eigenvalue weighted by atomic mass is 10.2. The Balaban J connectivity index is 0.000000331. The lowest BCUT2D eigenvalue weighted by molar-refractivity contribution is -0.134. The molecule has 0 atom stereocenters. The van der Waals surface area contributed by atoms with Gasteiger partial charge < -0.3 is 19.7 Å². The number of hydrogen-bond acceptors (Lipinski definition) is 5. The Morgan fingerprint density at radius 3 is 1.61 bits per heavy atom. The van der Waals surface area contributed by atoms with Crippen molar-refractivity contribution in [3.8, 4) is 0 Å². The van der Waals surface area contributed by atoms with Crippen LogP contribution >= 0.6 is 0 Å². The van der Waals surface area contributed by atoms with Crippen molar-refractivity contribution in [1.82, 2.24) is 0 Å². The molecule has 1 saturated heterocycles. The second-order valence-electron chi connectivity index (χ2n) is 3.37. The quantitative estimate of drug-likeness (QED) is 0.570. The van der Waals surface area contributed by atoms with Crippen LogP contribution < -0.4 is 0 Å². The topological polar surface area (TPSA) is 110 Å². The monoisotopic (exact) mass is 260 g/mol. The van der Waals surface area contributed by atoms with Crippen molar-refractivity contribution in [2.24, 2.45) is 0 Å². The van der Waals surface area contributed by atoms with Crippen LogP contribution in [-0.4, -0.2) is 41.5 Å². The highest BCUT2D eigenvalue weighted by atomic mass is 16.7. The molecule has 0 bridgehead atoms. The third kappa shape index (κ3) is 12.0. The van der Waals surface area contributed by atoms with Crippen LogP contribution in [0.5, 0.6) is 0 Å². The Labute approximate surface area is 104 Å². The van der Waals surface area contributed by atoms with Gasteiger partial charge in [0, 0.05) is 12.2 Å². The Morgan fingerprint density at radius 1 is 0.889 bits per heavy atom. The zero-order valence-corrected chi connectivity index (χ0v) is 9.83. The minimum absolute atomic E-state index is 0.512. The molecular formula is C11H16O7. The molecule has 1 aliphatic heterocycles. The number of rotatable bonds is 2. The minimum atomic E-state index is -1.26. The predicted molar refractivity (Wildman–Crippen MR) is 60.2 cm³/mol. The maximum Gasteiger partial charge on any atom is 0.508 e. The first-order chi connectivity index (χ1) is 8.52. The van der Waals surface area contributed by atoms with Gasteiger partial charge in [0.15, 0.2) is 0 Å². The molecule has 7 nitrogen and oxygen atoms in total. The number of carboxylic acids is 2. The van der Waals surface area contributed by atoms with Gasteiger partial charge in [0.1, 0.15) is 0 Å². The number of carboxylic acid groups (broad SMARTS) is 2. The number of carbonyl (C=O) groups is 3. The SMILES string of the molecule is O=C(O)/C=C/C(=O)O.O=C1OCCCCCCO1. The fourth-order valence-electron chi connectivity index (χ4n) is 1.05. The van der Waals surface area contributed by atoms with E-state index in [1.165, 1.54) is 0 Å². The molecule has 2 N–H and O–H groups in total. The van der Waals surface area contributed by atoms with Gasteiger partial charge in [-0.1, -0.05) is 0 Å². The average Bonchev–Trinajstić information content (AvgIpc) is 2.41. The van der Waals surface area contributed by atoms with E-state index in [2.05, 4.69) is 0 Å². The first-order valence-electron chi connectivity index (χ1n) is 5.46. The summed E-state index contributed by atoms with van der Waals surface area (Å²) < 4.78 is 9.40. The summed E-state index contributed by atoms with van der Waals surface area (Å²) >= 11 is 0. The molecule has 0 aromatic heterocycles. The van der Waals surface area contributed by atoms with Crippen molar-refractivity contribution in [2.75, 3.05) is 13.2 Å². The highest BCUT2D eigenvalue weighted by Crippen LogP contribution is 2.04. The maximum atomic E-state index is 10.5. The van der Waals surface area contributed by atoms with E-state index in [0.717, 1.165) is 25.7 Å². The number of aliphatic carboxylic acids is 2. The summed E-state index contributed by atoms with van der Waals surface area (Å²) in [6, 6.07) is 0. The van der Waals surface area contributed by atoms with Crippen LogP contribution in [0, 0.1) is 0 Å². The molecule has 1 fully saturated rings. The molecule has 0 aliphatic carbocycles. The van der Waals surface area contributed by atoms with Crippen molar-refractivity contribution >= 4 is 18.1 Å². The molecule has 0 aromatic carbocycles. The van der Waals surface area contributed by atoms with Gasteiger partial charge in [-0.05, 0) is 25.7 Å². The van der Waals surface area contributed by atoms with E-state index in [4.69, 9.17) is 19.7 Å². The van der Waals surface area contributed by atoms with Crippen molar-refractivity contribution in [3.05, 3.63) is 12.2 Å². The summed E-state index contributed by atoms with van der Waals surface area (Å²) in [5, 5.41) is 15.6. The molecule has 1 rings (SSSR count). The van der Waals surface area contributed by atoms with Crippen LogP contribution in [0.2, 0.25) is 0 Å². The fraction of sp³-hybridized carbons (Fsp3) is 0.545. The molecule has 0 amide bonds. The summed E-state index contributed by atoms with van der Waals surface area (Å²) in [6.45, 7) is 1.03. The fourth-order valence-corrected chi connectivity index (χ4v) is 1.05. The van der Waals surface area contributed by atoms with E-state index in [-0.39, 0.29) is 0 Å². The van der Waals surface area contributed by atoms with Gasteiger partial charge in [-0.25, -0.2) is 14.4 Å². The van der Waals surface area contributed by atoms with Gasteiger partial charge in [0.05, 0.1) is 13.2 Å². The van der Waals surface area contributed by atoms with Gasteiger partial charge in [0.2, 0.25) is 0 Å². The van der Waals surface area contributed by atoms with Crippen molar-refractivity contribution in [2.45, 2.75) is 25.7 Å². The van der Waals surface area contributed by atoms with Gasteiger partial charge in [0.25, 0.3) is 0 Å². The van der Waals surface area contributed by atoms with E-state index in [0.29, 0.717) is 25.4 Å². The summed E-state index contributed by atoms with van der Waals surface area (Å²) in [6.07, 6.45) is 4.81. The Kier molecular flexibility index (Phi) is 8.97. The molecule has 1 aliphatic rings. The molecule has 0 saturated carbocycles. The van der Waals surface area contributed by atoms with E-state index in [1.807, 2.05) is 0 Å². The molecular weight excluding hydrogens is 244 g/mol. The first kappa shape index (κ1) is 16.0. The summed E-state index contributed by atoms with van der Waals surface area (Å²) in [5.74, 6) is -2.51. The molecule has 0 radical (unpaired) electrons. The van der Waals surface area contributed by atoms with Crippen LogP contribution in [0.15, 0.2) is 12.2 Å². The van der Waals surface area contributed by atoms with Crippen LogP contribution in [0.25, 0.3) is 0 Å². The number of cyclic esters (lactones) is 2. The van der Waals surface area contributed by atoms with Crippen molar-refractivity contribution in [3.63, 3.8) is 0 Å². The van der Waals surface area contributed by atoms with Gasteiger partial charge >= 0.3 is 18.1 Å². The lowest BCUT2D eigenvalue weighted by Gasteiger charge is -2.00. The summed E-state index contributed by atoms with van der Waals surface area (Å²) in [7, 11) is 0. The zero-order chi connectivity index (χ0) is 13.8. The second-order valence-corrected chi connectivity index (χ2v) is 3.37. The molecule has 1 heterocycles. The molecule has 0 spiro atoms. The van der Waals surface area contributed by atoms with Crippen molar-refractivity contribution < 1.29 is 34.1 Å². The van der Waals surface area contributed by atoms with Crippen LogP contribution in [-0.2, 0) is 19.1 Å². The van der Waals surface area contributed by atoms with Crippen LogP contribution in [0.1, 0.15) is 25.7 Å². The Morgan fingerprint density at radius 2 is 1.28 bits per heavy atom. The highest BCUT2D eigenvalue weighted by molar-refractivity contribution is 5.89. The number of hydrogen-bond donors (Lipinski definition) is 2. The maximum absolute atomic E-state index is 10.5. The second kappa shape index (κ2) is 10.1. The van der Waals surface area contributed by atoms with Gasteiger partial charge in [-0.3, -0.25) is 0 Å². The van der Waals surface area contributed by atoms with Crippen LogP contribution in [0.3, 0.4) is 0 Å². The molecule has 102 valence electrons. The Bertz CT molecular complexity index is 281.